The molecule has 0 aliphatic rings. The molecule has 0 radical (unpaired) electrons. The first-order valence-electron chi connectivity index (χ1n) is 6.55. The SMILES string of the molecule is Cn1nc(-c2ccccc2)c(-c2ccccc2Br)cc1=O. The second-order valence-corrected chi connectivity index (χ2v) is 5.57. The number of halogens is 1. The molecule has 0 amide bonds. The molecule has 0 aliphatic heterocycles. The molecule has 0 saturated heterocycles. The molecule has 0 saturated carbocycles. The van der Waals surface area contributed by atoms with Gasteiger partial charge in [-0.1, -0.05) is 64.5 Å². The lowest BCUT2D eigenvalue weighted by atomic mass is 10.0. The van der Waals surface area contributed by atoms with E-state index in [4.69, 9.17) is 0 Å². The molecule has 0 spiro atoms. The van der Waals surface area contributed by atoms with Gasteiger partial charge < -0.3 is 0 Å². The Morgan fingerprint density at radius 2 is 1.62 bits per heavy atom. The first-order chi connectivity index (χ1) is 10.2. The standard InChI is InChI=1S/C17H13BrN2O/c1-20-16(21)11-14(13-9-5-6-10-15(13)18)17(19-20)12-7-3-2-4-8-12/h2-11H,1H3. The number of aryl methyl sites for hydroxylation is 1. The van der Waals surface area contributed by atoms with Crippen molar-refractivity contribution in [2.45, 2.75) is 0 Å². The van der Waals surface area contributed by atoms with Gasteiger partial charge in [0.05, 0.1) is 5.69 Å². The van der Waals surface area contributed by atoms with Gasteiger partial charge in [-0.25, -0.2) is 4.68 Å². The van der Waals surface area contributed by atoms with Crippen LogP contribution in [0.15, 0.2) is 69.9 Å². The summed E-state index contributed by atoms with van der Waals surface area (Å²) in [5, 5.41) is 4.44. The van der Waals surface area contributed by atoms with Crippen molar-refractivity contribution in [2.24, 2.45) is 7.05 Å². The maximum absolute atomic E-state index is 12.0. The van der Waals surface area contributed by atoms with E-state index in [2.05, 4.69) is 21.0 Å². The highest BCUT2D eigenvalue weighted by atomic mass is 79.9. The van der Waals surface area contributed by atoms with Crippen LogP contribution >= 0.6 is 15.9 Å². The fourth-order valence-corrected chi connectivity index (χ4v) is 2.73. The van der Waals surface area contributed by atoms with Crippen LogP contribution in [-0.2, 0) is 7.05 Å². The van der Waals surface area contributed by atoms with Crippen molar-refractivity contribution in [1.82, 2.24) is 9.78 Å². The smallest absolute Gasteiger partial charge is 0.267 e. The summed E-state index contributed by atoms with van der Waals surface area (Å²) in [5.41, 5.74) is 3.45. The Morgan fingerprint density at radius 3 is 2.33 bits per heavy atom. The molecule has 2 aromatic carbocycles. The van der Waals surface area contributed by atoms with Crippen molar-refractivity contribution in [3.05, 3.63) is 75.5 Å². The highest BCUT2D eigenvalue weighted by Gasteiger charge is 2.13. The van der Waals surface area contributed by atoms with Gasteiger partial charge in [0.2, 0.25) is 0 Å². The summed E-state index contributed by atoms with van der Waals surface area (Å²) in [6.45, 7) is 0. The highest BCUT2D eigenvalue weighted by molar-refractivity contribution is 9.10. The van der Waals surface area contributed by atoms with Gasteiger partial charge in [-0.05, 0) is 11.6 Å². The van der Waals surface area contributed by atoms with Crippen LogP contribution in [0.4, 0.5) is 0 Å². The Kier molecular flexibility index (Phi) is 3.71. The van der Waals surface area contributed by atoms with Crippen LogP contribution < -0.4 is 5.56 Å². The Balaban J connectivity index is 2.32. The van der Waals surface area contributed by atoms with Crippen molar-refractivity contribution in [1.29, 1.82) is 0 Å². The van der Waals surface area contributed by atoms with E-state index in [0.29, 0.717) is 0 Å². The van der Waals surface area contributed by atoms with E-state index in [1.807, 2.05) is 54.6 Å². The van der Waals surface area contributed by atoms with E-state index in [-0.39, 0.29) is 5.56 Å². The lowest BCUT2D eigenvalue weighted by Gasteiger charge is -2.11. The van der Waals surface area contributed by atoms with Gasteiger partial charge in [-0.3, -0.25) is 4.79 Å². The molecule has 3 rings (SSSR count). The van der Waals surface area contributed by atoms with E-state index in [1.165, 1.54) is 4.68 Å². The Hall–Kier alpha value is -2.20. The first-order valence-corrected chi connectivity index (χ1v) is 7.35. The zero-order valence-corrected chi connectivity index (χ0v) is 13.0. The second kappa shape index (κ2) is 5.66. The first kappa shape index (κ1) is 13.8. The number of benzene rings is 2. The molecular weight excluding hydrogens is 328 g/mol. The maximum atomic E-state index is 12.0. The quantitative estimate of drug-likeness (QED) is 0.709. The van der Waals surface area contributed by atoms with Crippen molar-refractivity contribution in [3.8, 4) is 22.4 Å². The molecule has 0 unspecified atom stereocenters. The van der Waals surface area contributed by atoms with E-state index in [9.17, 15) is 4.79 Å². The van der Waals surface area contributed by atoms with Gasteiger partial charge in [-0.2, -0.15) is 5.10 Å². The molecule has 3 nitrogen and oxygen atoms in total. The number of nitrogens with zero attached hydrogens (tertiary/aromatic N) is 2. The summed E-state index contributed by atoms with van der Waals surface area (Å²) >= 11 is 3.55. The molecule has 0 N–H and O–H groups in total. The van der Waals surface area contributed by atoms with Gasteiger partial charge in [0.1, 0.15) is 0 Å². The van der Waals surface area contributed by atoms with Crippen molar-refractivity contribution in [2.75, 3.05) is 0 Å². The molecular formula is C17H13BrN2O. The average Bonchev–Trinajstić information content (AvgIpc) is 2.51. The normalized spacial score (nSPS) is 10.6. The lowest BCUT2D eigenvalue weighted by molar-refractivity contribution is 0.713. The van der Waals surface area contributed by atoms with Crippen LogP contribution in [0.1, 0.15) is 0 Å². The van der Waals surface area contributed by atoms with Crippen LogP contribution in [0.25, 0.3) is 22.4 Å². The van der Waals surface area contributed by atoms with E-state index < -0.39 is 0 Å². The molecule has 1 aromatic heterocycles. The molecule has 0 bridgehead atoms. The lowest BCUT2D eigenvalue weighted by Crippen LogP contribution is -2.19. The number of rotatable bonds is 2. The molecule has 0 fully saturated rings. The van der Waals surface area contributed by atoms with Gasteiger partial charge in [0, 0.05) is 28.7 Å². The van der Waals surface area contributed by atoms with Crippen LogP contribution in [0.2, 0.25) is 0 Å². The largest absolute Gasteiger partial charge is 0.268 e. The molecule has 3 aromatic rings. The fourth-order valence-electron chi connectivity index (χ4n) is 2.23. The second-order valence-electron chi connectivity index (χ2n) is 4.71. The van der Waals surface area contributed by atoms with Gasteiger partial charge in [-0.15, -0.1) is 0 Å². The Morgan fingerprint density at radius 1 is 0.952 bits per heavy atom. The molecule has 104 valence electrons. The molecule has 4 heteroatoms. The maximum Gasteiger partial charge on any atom is 0.267 e. The Bertz CT molecular complexity index is 841. The van der Waals surface area contributed by atoms with Crippen molar-refractivity contribution in [3.63, 3.8) is 0 Å². The van der Waals surface area contributed by atoms with Gasteiger partial charge in [0.15, 0.2) is 0 Å². The van der Waals surface area contributed by atoms with E-state index >= 15 is 0 Å². The summed E-state index contributed by atoms with van der Waals surface area (Å²) < 4.78 is 2.31. The molecule has 21 heavy (non-hydrogen) atoms. The van der Waals surface area contributed by atoms with Crippen LogP contribution in [0, 0.1) is 0 Å². The topological polar surface area (TPSA) is 34.9 Å². The van der Waals surface area contributed by atoms with E-state index in [1.54, 1.807) is 13.1 Å². The minimum absolute atomic E-state index is 0.125. The summed E-state index contributed by atoms with van der Waals surface area (Å²) in [6.07, 6.45) is 0. The third kappa shape index (κ3) is 2.67. The zero-order chi connectivity index (χ0) is 14.8. The summed E-state index contributed by atoms with van der Waals surface area (Å²) in [6, 6.07) is 19.3. The van der Waals surface area contributed by atoms with Crippen molar-refractivity contribution >= 4 is 15.9 Å². The highest BCUT2D eigenvalue weighted by Crippen LogP contribution is 2.33. The van der Waals surface area contributed by atoms with Crippen molar-refractivity contribution < 1.29 is 0 Å². The van der Waals surface area contributed by atoms with Crippen LogP contribution in [0.5, 0.6) is 0 Å². The average molecular weight is 341 g/mol. The van der Waals surface area contributed by atoms with Crippen LogP contribution in [0.3, 0.4) is 0 Å². The van der Waals surface area contributed by atoms with Gasteiger partial charge >= 0.3 is 0 Å². The molecule has 0 aliphatic carbocycles. The molecule has 1 heterocycles. The Labute approximate surface area is 131 Å². The third-order valence-corrected chi connectivity index (χ3v) is 3.99. The van der Waals surface area contributed by atoms with E-state index in [0.717, 1.165) is 26.9 Å². The number of hydrogen-bond acceptors (Lipinski definition) is 2. The monoisotopic (exact) mass is 340 g/mol. The minimum atomic E-state index is -0.125. The minimum Gasteiger partial charge on any atom is -0.268 e. The van der Waals surface area contributed by atoms with Gasteiger partial charge in [0.25, 0.3) is 5.56 Å². The molecule has 0 atom stereocenters. The number of aromatic nitrogens is 2. The zero-order valence-electron chi connectivity index (χ0n) is 11.5. The predicted molar refractivity (Wildman–Crippen MR) is 88.1 cm³/mol. The summed E-state index contributed by atoms with van der Waals surface area (Å²) in [7, 11) is 1.67. The number of hydrogen-bond donors (Lipinski definition) is 0. The third-order valence-electron chi connectivity index (χ3n) is 3.30. The summed E-state index contributed by atoms with van der Waals surface area (Å²) in [4.78, 5) is 12.0. The summed E-state index contributed by atoms with van der Waals surface area (Å²) in [5.74, 6) is 0. The predicted octanol–water partition coefficient (Wildman–Crippen LogP) is 3.88. The fraction of sp³-hybridized carbons (Fsp3) is 0.0588. The van der Waals surface area contributed by atoms with Crippen LogP contribution in [-0.4, -0.2) is 9.78 Å².